The molecule has 5 rings (SSSR count). The highest BCUT2D eigenvalue weighted by molar-refractivity contribution is 7.85. The van der Waals surface area contributed by atoms with Crippen LogP contribution in [-0.2, 0) is 21.9 Å². The van der Waals surface area contributed by atoms with Crippen LogP contribution in [0.25, 0.3) is 22.1 Å². The van der Waals surface area contributed by atoms with Crippen LogP contribution < -0.4 is 15.1 Å². The van der Waals surface area contributed by atoms with Gasteiger partial charge in [0.25, 0.3) is 0 Å². The molecular formula is C26H26N2O7S. The van der Waals surface area contributed by atoms with Crippen molar-refractivity contribution in [2.75, 3.05) is 31.2 Å². The Hall–Kier alpha value is -3.73. The van der Waals surface area contributed by atoms with Crippen LogP contribution in [0, 0.1) is 6.92 Å². The molecular weight excluding hydrogens is 484 g/mol. The SMILES string of the molecule is C[n+]1ccc(-c2cc3ccc(N4CCOCC4)cc3oc2=O)cc1.Cc1ccc(O)cc1S(=O)(=O)[O-]. The van der Waals surface area contributed by atoms with E-state index in [1.54, 1.807) is 0 Å². The van der Waals surface area contributed by atoms with Crippen molar-refractivity contribution in [2.24, 2.45) is 7.05 Å². The van der Waals surface area contributed by atoms with Crippen LogP contribution in [0.5, 0.6) is 5.75 Å². The molecule has 2 aromatic carbocycles. The molecule has 1 aliphatic rings. The van der Waals surface area contributed by atoms with Gasteiger partial charge in [-0.2, -0.15) is 0 Å². The Labute approximate surface area is 208 Å². The normalized spacial score (nSPS) is 13.8. The number of phenolic OH excluding ortho intramolecular Hbond substituents is 1. The number of aryl methyl sites for hydroxylation is 2. The molecule has 0 amide bonds. The van der Waals surface area contributed by atoms with Crippen molar-refractivity contribution in [2.45, 2.75) is 11.8 Å². The van der Waals surface area contributed by atoms with Crippen molar-refractivity contribution in [1.29, 1.82) is 0 Å². The number of ether oxygens (including phenoxy) is 1. The molecule has 1 fully saturated rings. The van der Waals surface area contributed by atoms with Crippen LogP contribution >= 0.6 is 0 Å². The van der Waals surface area contributed by atoms with Crippen LogP contribution in [0.3, 0.4) is 0 Å². The lowest BCUT2D eigenvalue weighted by Gasteiger charge is -2.28. The fourth-order valence-electron chi connectivity index (χ4n) is 3.86. The molecule has 10 heteroatoms. The molecule has 1 aliphatic heterocycles. The van der Waals surface area contributed by atoms with E-state index in [4.69, 9.17) is 14.3 Å². The summed E-state index contributed by atoms with van der Waals surface area (Å²) in [6, 6.07) is 15.4. The molecule has 2 aromatic heterocycles. The second kappa shape index (κ2) is 10.5. The summed E-state index contributed by atoms with van der Waals surface area (Å²) >= 11 is 0. The molecule has 188 valence electrons. The number of aromatic hydroxyl groups is 1. The zero-order chi connectivity index (χ0) is 25.9. The first kappa shape index (κ1) is 25.4. The number of fused-ring (bicyclic) bond motifs is 1. The van der Waals surface area contributed by atoms with Gasteiger partial charge in [-0.1, -0.05) is 6.07 Å². The van der Waals surface area contributed by atoms with Gasteiger partial charge in [0.05, 0.1) is 23.7 Å². The fourth-order valence-corrected chi connectivity index (χ4v) is 4.59. The van der Waals surface area contributed by atoms with Gasteiger partial charge in [-0.3, -0.25) is 0 Å². The Kier molecular flexibility index (Phi) is 7.39. The van der Waals surface area contributed by atoms with E-state index in [-0.39, 0.29) is 16.3 Å². The topological polar surface area (TPSA) is 124 Å². The number of rotatable bonds is 3. The molecule has 1 N–H and O–H groups in total. The summed E-state index contributed by atoms with van der Waals surface area (Å²) in [7, 11) is -2.52. The molecule has 36 heavy (non-hydrogen) atoms. The van der Waals surface area contributed by atoms with Gasteiger partial charge < -0.3 is 23.7 Å². The second-order valence-electron chi connectivity index (χ2n) is 8.43. The lowest BCUT2D eigenvalue weighted by Crippen LogP contribution is -2.36. The molecule has 4 aromatic rings. The minimum absolute atomic E-state index is 0.227. The maximum atomic E-state index is 12.4. The Bertz CT molecular complexity index is 1540. The number of hydrogen-bond donors (Lipinski definition) is 1. The van der Waals surface area contributed by atoms with Crippen molar-refractivity contribution < 1.29 is 31.8 Å². The van der Waals surface area contributed by atoms with Gasteiger partial charge in [-0.25, -0.2) is 17.8 Å². The standard InChI is InChI=1S/C19H19N2O3.C7H8O4S/c1-20-6-4-14(5-7-20)17-12-15-2-3-16(13-18(15)24-19(17)22)21-8-10-23-11-9-21;1-5-2-3-6(8)4-7(5)12(9,10)11/h2-7,12-13H,8-11H2,1H3;2-4,8H,1H3,(H,9,10,11)/q+1;/p-1. The average molecular weight is 511 g/mol. The Balaban J connectivity index is 0.000000214. The summed E-state index contributed by atoms with van der Waals surface area (Å²) in [5.41, 5.74) is 3.16. The minimum Gasteiger partial charge on any atom is -0.744 e. The van der Waals surface area contributed by atoms with E-state index in [0.717, 1.165) is 49.0 Å². The van der Waals surface area contributed by atoms with Crippen LogP contribution in [0.4, 0.5) is 5.69 Å². The number of benzene rings is 2. The Morgan fingerprint density at radius 3 is 2.33 bits per heavy atom. The number of anilines is 1. The van der Waals surface area contributed by atoms with E-state index in [1.165, 1.54) is 19.1 Å². The highest BCUT2D eigenvalue weighted by atomic mass is 32.2. The van der Waals surface area contributed by atoms with Crippen LogP contribution in [0.2, 0.25) is 0 Å². The molecule has 0 radical (unpaired) electrons. The van der Waals surface area contributed by atoms with Crippen molar-refractivity contribution in [3.8, 4) is 16.9 Å². The molecule has 0 aliphatic carbocycles. The fraction of sp³-hybridized carbons (Fsp3) is 0.231. The molecule has 3 heterocycles. The minimum atomic E-state index is -4.47. The number of morpholine rings is 1. The Morgan fingerprint density at radius 2 is 1.69 bits per heavy atom. The van der Waals surface area contributed by atoms with E-state index >= 15 is 0 Å². The van der Waals surface area contributed by atoms with Gasteiger partial charge in [0.1, 0.15) is 28.5 Å². The van der Waals surface area contributed by atoms with Gasteiger partial charge in [-0.05, 0) is 42.8 Å². The van der Waals surface area contributed by atoms with Gasteiger partial charge in [0, 0.05) is 47.9 Å². The summed E-state index contributed by atoms with van der Waals surface area (Å²) in [5, 5.41) is 9.82. The summed E-state index contributed by atoms with van der Waals surface area (Å²) in [6.07, 6.45) is 3.83. The van der Waals surface area contributed by atoms with E-state index in [9.17, 15) is 17.8 Å². The smallest absolute Gasteiger partial charge is 0.344 e. The summed E-state index contributed by atoms with van der Waals surface area (Å²) in [4.78, 5) is 14.3. The van der Waals surface area contributed by atoms with Gasteiger partial charge in [0.15, 0.2) is 12.4 Å². The first-order chi connectivity index (χ1) is 17.1. The van der Waals surface area contributed by atoms with Crippen molar-refractivity contribution in [1.82, 2.24) is 0 Å². The third kappa shape index (κ3) is 5.91. The molecule has 0 saturated carbocycles. The highest BCUT2D eigenvalue weighted by Gasteiger charge is 2.14. The molecule has 0 unspecified atom stereocenters. The van der Waals surface area contributed by atoms with Gasteiger partial charge in [-0.15, -0.1) is 0 Å². The number of aromatic nitrogens is 1. The zero-order valence-electron chi connectivity index (χ0n) is 19.9. The summed E-state index contributed by atoms with van der Waals surface area (Å²) in [6.45, 7) is 4.66. The lowest BCUT2D eigenvalue weighted by atomic mass is 10.1. The van der Waals surface area contributed by atoms with Crippen LogP contribution in [0.1, 0.15) is 5.56 Å². The summed E-state index contributed by atoms with van der Waals surface area (Å²) < 4.78 is 44.5. The number of phenols is 1. The summed E-state index contributed by atoms with van der Waals surface area (Å²) in [5.74, 6) is -0.227. The monoisotopic (exact) mass is 510 g/mol. The van der Waals surface area contributed by atoms with E-state index < -0.39 is 10.1 Å². The predicted molar refractivity (Wildman–Crippen MR) is 133 cm³/mol. The third-order valence-corrected chi connectivity index (χ3v) is 6.80. The second-order valence-corrected chi connectivity index (χ2v) is 9.77. The Morgan fingerprint density at radius 1 is 1.00 bits per heavy atom. The van der Waals surface area contributed by atoms with E-state index in [0.29, 0.717) is 16.7 Å². The maximum Gasteiger partial charge on any atom is 0.344 e. The number of pyridine rings is 1. The van der Waals surface area contributed by atoms with Crippen molar-refractivity contribution >= 4 is 26.8 Å². The zero-order valence-corrected chi connectivity index (χ0v) is 20.7. The predicted octanol–water partition coefficient (Wildman–Crippen LogP) is 2.73. The largest absolute Gasteiger partial charge is 0.744 e. The number of hydrogen-bond acceptors (Lipinski definition) is 8. The van der Waals surface area contributed by atoms with E-state index in [2.05, 4.69) is 11.0 Å². The molecule has 1 saturated heterocycles. The molecule has 0 atom stereocenters. The van der Waals surface area contributed by atoms with Crippen LogP contribution in [-0.4, -0.2) is 44.4 Å². The maximum absolute atomic E-state index is 12.4. The quantitative estimate of drug-likeness (QED) is 0.254. The van der Waals surface area contributed by atoms with Crippen molar-refractivity contribution in [3.63, 3.8) is 0 Å². The van der Waals surface area contributed by atoms with E-state index in [1.807, 2.05) is 54.3 Å². The highest BCUT2D eigenvalue weighted by Crippen LogP contribution is 2.25. The third-order valence-electron chi connectivity index (χ3n) is 5.83. The van der Waals surface area contributed by atoms with Crippen LogP contribution in [0.15, 0.2) is 81.1 Å². The van der Waals surface area contributed by atoms with Gasteiger partial charge in [0.2, 0.25) is 0 Å². The van der Waals surface area contributed by atoms with Crippen molar-refractivity contribution in [3.05, 3.63) is 83.0 Å². The molecule has 0 bridgehead atoms. The van der Waals surface area contributed by atoms with Gasteiger partial charge >= 0.3 is 5.63 Å². The first-order valence-electron chi connectivity index (χ1n) is 11.2. The number of nitrogens with zero attached hydrogens (tertiary/aromatic N) is 2. The first-order valence-corrected chi connectivity index (χ1v) is 12.6. The average Bonchev–Trinajstić information content (AvgIpc) is 2.86. The lowest BCUT2D eigenvalue weighted by molar-refractivity contribution is -0.671. The molecule has 9 nitrogen and oxygen atoms in total. The molecule has 0 spiro atoms.